The van der Waals surface area contributed by atoms with Gasteiger partial charge in [-0.2, -0.15) is 13.2 Å². The first kappa shape index (κ1) is 12.1. The van der Waals surface area contributed by atoms with Crippen LogP contribution in [-0.4, -0.2) is 28.8 Å². The lowest BCUT2D eigenvalue weighted by molar-refractivity contribution is -0.154. The zero-order valence-corrected chi connectivity index (χ0v) is 7.90. The Morgan fingerprint density at radius 2 is 2.25 bits per heavy atom. The summed E-state index contributed by atoms with van der Waals surface area (Å²) < 4.78 is 39.9. The number of aromatic nitrogens is 1. The van der Waals surface area contributed by atoms with Crippen molar-refractivity contribution in [2.75, 3.05) is 6.61 Å². The number of hydrogen-bond donors (Lipinski definition) is 2. The molecule has 0 amide bonds. The molecule has 0 aliphatic rings. The van der Waals surface area contributed by atoms with Crippen LogP contribution in [0.15, 0.2) is 23.5 Å². The van der Waals surface area contributed by atoms with Crippen molar-refractivity contribution in [1.82, 2.24) is 4.98 Å². The average molecular weight is 235 g/mol. The quantitative estimate of drug-likeness (QED) is 0.356. The number of nitrogens with zero attached hydrogens (tertiary/aromatic N) is 2. The number of halogens is 3. The van der Waals surface area contributed by atoms with Crippen LogP contribution in [0.5, 0.6) is 5.88 Å². The number of nitrogens with two attached hydrogens (primary N) is 1. The maximum absolute atomic E-state index is 11.8. The van der Waals surface area contributed by atoms with Gasteiger partial charge in [-0.15, -0.1) is 0 Å². The summed E-state index contributed by atoms with van der Waals surface area (Å²) in [4.78, 5) is 3.54. The van der Waals surface area contributed by atoms with Crippen molar-refractivity contribution in [2.45, 2.75) is 6.18 Å². The summed E-state index contributed by atoms with van der Waals surface area (Å²) in [6, 6.07) is 2.51. The van der Waals surface area contributed by atoms with Crippen LogP contribution in [0, 0.1) is 0 Å². The fourth-order valence-electron chi connectivity index (χ4n) is 0.861. The highest BCUT2D eigenvalue weighted by Crippen LogP contribution is 2.17. The molecule has 0 atom stereocenters. The molecule has 0 aliphatic carbocycles. The Kier molecular flexibility index (Phi) is 3.54. The minimum atomic E-state index is -4.44. The Balaban J connectivity index is 2.76. The zero-order chi connectivity index (χ0) is 12.2. The number of alkyl halides is 3. The third kappa shape index (κ3) is 3.64. The molecule has 3 N–H and O–H groups in total. The normalized spacial score (nSPS) is 12.6. The van der Waals surface area contributed by atoms with E-state index in [9.17, 15) is 13.2 Å². The minimum Gasteiger partial charge on any atom is -0.468 e. The number of rotatable bonds is 3. The SMILES string of the molecule is N/C(=N\O)c1ccnc(OCC(F)(F)F)c1. The van der Waals surface area contributed by atoms with Crippen LogP contribution < -0.4 is 10.5 Å². The average Bonchev–Trinajstić information content (AvgIpc) is 2.25. The molecular weight excluding hydrogens is 227 g/mol. The molecular formula is C8H8F3N3O2. The van der Waals surface area contributed by atoms with Crippen LogP contribution in [0.1, 0.15) is 5.56 Å². The number of amidine groups is 1. The Labute approximate surface area is 88.3 Å². The second-order valence-corrected chi connectivity index (χ2v) is 2.77. The van der Waals surface area contributed by atoms with Gasteiger partial charge in [-0.05, 0) is 6.07 Å². The Hall–Kier alpha value is -1.99. The summed E-state index contributed by atoms with van der Waals surface area (Å²) >= 11 is 0. The van der Waals surface area contributed by atoms with Crippen molar-refractivity contribution < 1.29 is 23.1 Å². The first-order valence-electron chi connectivity index (χ1n) is 4.06. The molecule has 0 radical (unpaired) electrons. The number of hydrogen-bond acceptors (Lipinski definition) is 4. The van der Waals surface area contributed by atoms with Gasteiger partial charge in [0, 0.05) is 17.8 Å². The Morgan fingerprint density at radius 1 is 1.56 bits per heavy atom. The smallest absolute Gasteiger partial charge is 0.422 e. The van der Waals surface area contributed by atoms with Crippen LogP contribution in [0.3, 0.4) is 0 Å². The van der Waals surface area contributed by atoms with Crippen LogP contribution in [0.4, 0.5) is 13.2 Å². The summed E-state index contributed by atoms with van der Waals surface area (Å²) in [5, 5.41) is 11.1. The molecule has 1 rings (SSSR count). The summed E-state index contributed by atoms with van der Waals surface area (Å²) in [7, 11) is 0. The van der Waals surface area contributed by atoms with Crippen molar-refractivity contribution in [3.05, 3.63) is 23.9 Å². The van der Waals surface area contributed by atoms with E-state index in [0.717, 1.165) is 6.07 Å². The summed E-state index contributed by atoms with van der Waals surface area (Å²) in [6.45, 7) is -1.44. The Morgan fingerprint density at radius 3 is 2.81 bits per heavy atom. The second-order valence-electron chi connectivity index (χ2n) is 2.77. The van der Waals surface area contributed by atoms with E-state index in [1.54, 1.807) is 0 Å². The fraction of sp³-hybridized carbons (Fsp3) is 0.250. The molecule has 0 spiro atoms. The first-order chi connectivity index (χ1) is 7.42. The molecule has 0 unspecified atom stereocenters. The Bertz CT molecular complexity index is 392. The third-order valence-corrected chi connectivity index (χ3v) is 1.52. The van der Waals surface area contributed by atoms with E-state index in [1.165, 1.54) is 12.3 Å². The van der Waals surface area contributed by atoms with E-state index in [1.807, 2.05) is 0 Å². The van der Waals surface area contributed by atoms with Gasteiger partial charge in [0.25, 0.3) is 0 Å². The highest BCUT2D eigenvalue weighted by molar-refractivity contribution is 5.97. The fourth-order valence-corrected chi connectivity index (χ4v) is 0.861. The number of ether oxygens (including phenoxy) is 1. The first-order valence-corrected chi connectivity index (χ1v) is 4.06. The molecule has 8 heteroatoms. The summed E-state index contributed by atoms with van der Waals surface area (Å²) in [5.74, 6) is -0.485. The third-order valence-electron chi connectivity index (χ3n) is 1.52. The van der Waals surface area contributed by atoms with Crippen LogP contribution in [-0.2, 0) is 0 Å². The molecule has 88 valence electrons. The maximum atomic E-state index is 11.8. The van der Waals surface area contributed by atoms with Crippen molar-refractivity contribution in [1.29, 1.82) is 0 Å². The van der Waals surface area contributed by atoms with Gasteiger partial charge in [0.1, 0.15) is 0 Å². The molecule has 16 heavy (non-hydrogen) atoms. The highest BCUT2D eigenvalue weighted by Gasteiger charge is 2.28. The monoisotopic (exact) mass is 235 g/mol. The number of pyridine rings is 1. The van der Waals surface area contributed by atoms with Gasteiger partial charge in [0.05, 0.1) is 0 Å². The van der Waals surface area contributed by atoms with Crippen molar-refractivity contribution in [3.8, 4) is 5.88 Å². The van der Waals surface area contributed by atoms with Gasteiger partial charge in [0.15, 0.2) is 12.4 Å². The van der Waals surface area contributed by atoms with Gasteiger partial charge < -0.3 is 15.7 Å². The summed E-state index contributed by atoms with van der Waals surface area (Å²) in [6.07, 6.45) is -3.24. The lowest BCUT2D eigenvalue weighted by Crippen LogP contribution is -2.20. The van der Waals surface area contributed by atoms with Crippen LogP contribution >= 0.6 is 0 Å². The standard InChI is InChI=1S/C8H8F3N3O2/c9-8(10,11)4-16-6-3-5(1-2-13-6)7(12)14-15/h1-3,15H,4H2,(H2,12,14). The maximum Gasteiger partial charge on any atom is 0.422 e. The van der Waals surface area contributed by atoms with Gasteiger partial charge >= 0.3 is 6.18 Å². The lowest BCUT2D eigenvalue weighted by Gasteiger charge is -2.08. The van der Waals surface area contributed by atoms with Crippen LogP contribution in [0.2, 0.25) is 0 Å². The minimum absolute atomic E-state index is 0.217. The van der Waals surface area contributed by atoms with E-state index >= 15 is 0 Å². The molecule has 0 fully saturated rings. The largest absolute Gasteiger partial charge is 0.468 e. The van der Waals surface area contributed by atoms with E-state index in [0.29, 0.717) is 0 Å². The van der Waals surface area contributed by atoms with Crippen molar-refractivity contribution >= 4 is 5.84 Å². The van der Waals surface area contributed by atoms with E-state index < -0.39 is 12.8 Å². The van der Waals surface area contributed by atoms with E-state index in [-0.39, 0.29) is 17.3 Å². The predicted molar refractivity (Wildman–Crippen MR) is 48.3 cm³/mol. The van der Waals surface area contributed by atoms with E-state index in [2.05, 4.69) is 14.9 Å². The topological polar surface area (TPSA) is 80.7 Å². The molecule has 5 nitrogen and oxygen atoms in total. The van der Waals surface area contributed by atoms with Crippen molar-refractivity contribution in [2.24, 2.45) is 10.9 Å². The molecule has 0 saturated carbocycles. The van der Waals surface area contributed by atoms with Crippen molar-refractivity contribution in [3.63, 3.8) is 0 Å². The second kappa shape index (κ2) is 4.69. The molecule has 1 heterocycles. The molecule has 0 saturated heterocycles. The molecule has 0 bridgehead atoms. The predicted octanol–water partition coefficient (Wildman–Crippen LogP) is 1.12. The number of oxime groups is 1. The molecule has 0 aliphatic heterocycles. The molecule has 1 aromatic rings. The highest BCUT2D eigenvalue weighted by atomic mass is 19.4. The van der Waals surface area contributed by atoms with E-state index in [4.69, 9.17) is 10.9 Å². The molecule has 1 aromatic heterocycles. The zero-order valence-electron chi connectivity index (χ0n) is 7.90. The van der Waals surface area contributed by atoms with Gasteiger partial charge in [-0.3, -0.25) is 0 Å². The van der Waals surface area contributed by atoms with Gasteiger partial charge in [0.2, 0.25) is 5.88 Å². The summed E-state index contributed by atoms with van der Waals surface area (Å²) in [5.41, 5.74) is 5.46. The van der Waals surface area contributed by atoms with Gasteiger partial charge in [-0.25, -0.2) is 4.98 Å². The van der Waals surface area contributed by atoms with Crippen LogP contribution in [0.25, 0.3) is 0 Å². The molecule has 0 aromatic carbocycles. The van der Waals surface area contributed by atoms with Gasteiger partial charge in [-0.1, -0.05) is 5.16 Å². The lowest BCUT2D eigenvalue weighted by atomic mass is 10.2.